The normalized spacial score (nSPS) is 17.8. The van der Waals surface area contributed by atoms with Crippen LogP contribution in [0.1, 0.15) is 46.5 Å². The molecule has 2 aromatic heterocycles. The lowest BCUT2D eigenvalue weighted by molar-refractivity contribution is 0.0700. The molecule has 0 aliphatic carbocycles. The predicted octanol–water partition coefficient (Wildman–Crippen LogP) is 3.25. The van der Waals surface area contributed by atoms with Crippen LogP contribution in [0.3, 0.4) is 0 Å². The maximum atomic E-state index is 13.1. The first-order chi connectivity index (χ1) is 12.1. The van der Waals surface area contributed by atoms with Crippen molar-refractivity contribution in [1.82, 2.24) is 20.1 Å². The molecule has 1 unspecified atom stereocenters. The maximum Gasteiger partial charge on any atom is 0.256 e. The van der Waals surface area contributed by atoms with Crippen molar-refractivity contribution < 1.29 is 9.21 Å². The highest BCUT2D eigenvalue weighted by molar-refractivity contribution is 6.06. The molecule has 3 aromatic rings. The molecule has 0 bridgehead atoms. The Bertz CT molecular complexity index is 934. The number of carbonyl (C=O) groups is 1. The molecule has 1 fully saturated rings. The van der Waals surface area contributed by atoms with Crippen molar-refractivity contribution in [2.24, 2.45) is 0 Å². The summed E-state index contributed by atoms with van der Waals surface area (Å²) in [5, 5.41) is 9.06. The minimum atomic E-state index is 0.0182. The topological polar surface area (TPSA) is 72.1 Å². The molecule has 3 heterocycles. The number of rotatable bonds is 2. The van der Waals surface area contributed by atoms with Crippen molar-refractivity contribution in [3.63, 3.8) is 0 Å². The number of aromatic nitrogens is 3. The highest BCUT2D eigenvalue weighted by Gasteiger charge is 2.29. The van der Waals surface area contributed by atoms with Crippen LogP contribution in [0.4, 0.5) is 0 Å². The van der Waals surface area contributed by atoms with Gasteiger partial charge in [-0.05, 0) is 37.5 Å². The van der Waals surface area contributed by atoms with Crippen LogP contribution in [0.25, 0.3) is 10.9 Å². The lowest BCUT2D eigenvalue weighted by Crippen LogP contribution is -2.39. The zero-order valence-electron chi connectivity index (χ0n) is 14.4. The number of piperidine rings is 1. The van der Waals surface area contributed by atoms with Gasteiger partial charge in [0.2, 0.25) is 11.8 Å². The van der Waals surface area contributed by atoms with Crippen molar-refractivity contribution >= 4 is 16.8 Å². The molecule has 1 aromatic carbocycles. The zero-order chi connectivity index (χ0) is 17.4. The molecule has 6 heteroatoms. The SMILES string of the molecule is Cc1nnc(C2CCCN(C(=O)c3ccc(C)c4cccnc34)C2)o1. The van der Waals surface area contributed by atoms with E-state index >= 15 is 0 Å². The monoisotopic (exact) mass is 336 g/mol. The molecule has 6 nitrogen and oxygen atoms in total. The Morgan fingerprint density at radius 2 is 2.12 bits per heavy atom. The van der Waals surface area contributed by atoms with E-state index in [1.807, 2.05) is 36.1 Å². The molecule has 1 amide bonds. The fraction of sp³-hybridized carbons (Fsp3) is 0.368. The van der Waals surface area contributed by atoms with Crippen molar-refractivity contribution in [3.8, 4) is 0 Å². The number of pyridine rings is 1. The van der Waals surface area contributed by atoms with E-state index in [2.05, 4.69) is 15.2 Å². The Hall–Kier alpha value is -2.76. The molecule has 1 aliphatic rings. The summed E-state index contributed by atoms with van der Waals surface area (Å²) in [5.74, 6) is 1.31. The maximum absolute atomic E-state index is 13.1. The summed E-state index contributed by atoms with van der Waals surface area (Å²) >= 11 is 0. The van der Waals surface area contributed by atoms with Crippen LogP contribution in [-0.4, -0.2) is 39.1 Å². The van der Waals surface area contributed by atoms with Gasteiger partial charge in [0.1, 0.15) is 0 Å². The second-order valence-corrected chi connectivity index (χ2v) is 6.58. The highest BCUT2D eigenvalue weighted by atomic mass is 16.4. The predicted molar refractivity (Wildman–Crippen MR) is 93.4 cm³/mol. The number of hydrogen-bond acceptors (Lipinski definition) is 5. The van der Waals surface area contributed by atoms with E-state index in [0.717, 1.165) is 35.9 Å². The van der Waals surface area contributed by atoms with Crippen molar-refractivity contribution in [2.45, 2.75) is 32.6 Å². The Labute approximate surface area is 145 Å². The zero-order valence-corrected chi connectivity index (χ0v) is 14.4. The van der Waals surface area contributed by atoms with E-state index in [1.165, 1.54) is 0 Å². The van der Waals surface area contributed by atoms with Gasteiger partial charge >= 0.3 is 0 Å². The average molecular weight is 336 g/mol. The minimum absolute atomic E-state index is 0.0182. The van der Waals surface area contributed by atoms with Gasteiger partial charge in [-0.25, -0.2) is 0 Å². The van der Waals surface area contributed by atoms with E-state index in [0.29, 0.717) is 23.9 Å². The van der Waals surface area contributed by atoms with E-state index in [9.17, 15) is 4.79 Å². The molecular weight excluding hydrogens is 316 g/mol. The van der Waals surface area contributed by atoms with Crippen molar-refractivity contribution in [3.05, 3.63) is 53.4 Å². The lowest BCUT2D eigenvalue weighted by Gasteiger charge is -2.31. The van der Waals surface area contributed by atoms with Crippen LogP contribution >= 0.6 is 0 Å². The van der Waals surface area contributed by atoms with Crippen LogP contribution in [0.2, 0.25) is 0 Å². The van der Waals surface area contributed by atoms with Crippen LogP contribution in [0.15, 0.2) is 34.9 Å². The molecule has 0 N–H and O–H groups in total. The van der Waals surface area contributed by atoms with Gasteiger partial charge in [-0.2, -0.15) is 0 Å². The van der Waals surface area contributed by atoms with Crippen LogP contribution in [-0.2, 0) is 0 Å². The van der Waals surface area contributed by atoms with Gasteiger partial charge in [0.25, 0.3) is 5.91 Å². The molecule has 1 saturated heterocycles. The fourth-order valence-electron chi connectivity index (χ4n) is 3.50. The van der Waals surface area contributed by atoms with Crippen LogP contribution < -0.4 is 0 Å². The summed E-state index contributed by atoms with van der Waals surface area (Å²) in [5.41, 5.74) is 2.55. The third kappa shape index (κ3) is 2.88. The number of likely N-dealkylation sites (tertiary alicyclic amines) is 1. The Balaban J connectivity index is 1.64. The van der Waals surface area contributed by atoms with Crippen molar-refractivity contribution in [1.29, 1.82) is 0 Å². The quantitative estimate of drug-likeness (QED) is 0.718. The number of aryl methyl sites for hydroxylation is 2. The van der Waals surface area contributed by atoms with Gasteiger partial charge in [0, 0.05) is 31.6 Å². The lowest BCUT2D eigenvalue weighted by atomic mass is 9.96. The summed E-state index contributed by atoms with van der Waals surface area (Å²) in [6.07, 6.45) is 3.62. The molecule has 4 rings (SSSR count). The fourth-order valence-corrected chi connectivity index (χ4v) is 3.50. The third-order valence-corrected chi connectivity index (χ3v) is 4.82. The molecule has 1 atom stereocenters. The first-order valence-electron chi connectivity index (χ1n) is 8.57. The minimum Gasteiger partial charge on any atom is -0.425 e. The van der Waals surface area contributed by atoms with Gasteiger partial charge in [-0.3, -0.25) is 9.78 Å². The summed E-state index contributed by atoms with van der Waals surface area (Å²) in [6.45, 7) is 5.16. The van der Waals surface area contributed by atoms with E-state index in [-0.39, 0.29) is 11.8 Å². The van der Waals surface area contributed by atoms with Crippen LogP contribution in [0.5, 0.6) is 0 Å². The molecule has 0 spiro atoms. The van der Waals surface area contributed by atoms with Gasteiger partial charge in [0.15, 0.2) is 0 Å². The molecule has 0 saturated carbocycles. The first kappa shape index (κ1) is 15.7. The van der Waals surface area contributed by atoms with E-state index < -0.39 is 0 Å². The van der Waals surface area contributed by atoms with Crippen LogP contribution in [0, 0.1) is 13.8 Å². The van der Waals surface area contributed by atoms with Gasteiger partial charge in [-0.15, -0.1) is 10.2 Å². The Morgan fingerprint density at radius 1 is 1.24 bits per heavy atom. The smallest absolute Gasteiger partial charge is 0.256 e. The molecule has 1 aliphatic heterocycles. The first-order valence-corrected chi connectivity index (χ1v) is 8.57. The van der Waals surface area contributed by atoms with Gasteiger partial charge < -0.3 is 9.32 Å². The molecule has 25 heavy (non-hydrogen) atoms. The van der Waals surface area contributed by atoms with Crippen molar-refractivity contribution in [2.75, 3.05) is 13.1 Å². The molecular formula is C19H20N4O2. The summed E-state index contributed by atoms with van der Waals surface area (Å²) in [4.78, 5) is 19.5. The molecule has 128 valence electrons. The number of hydrogen-bond donors (Lipinski definition) is 0. The standard InChI is InChI=1S/C19H20N4O2/c1-12-7-8-16(17-15(12)6-3-9-20-17)19(24)23-10-4-5-14(11-23)18-22-21-13(2)25-18/h3,6-9,14H,4-5,10-11H2,1-2H3. The second-order valence-electron chi connectivity index (χ2n) is 6.58. The second kappa shape index (κ2) is 6.27. The van der Waals surface area contributed by atoms with E-state index in [4.69, 9.17) is 4.42 Å². The summed E-state index contributed by atoms with van der Waals surface area (Å²) in [7, 11) is 0. The summed E-state index contributed by atoms with van der Waals surface area (Å²) in [6, 6.07) is 7.78. The summed E-state index contributed by atoms with van der Waals surface area (Å²) < 4.78 is 5.57. The Kier molecular flexibility index (Phi) is 3.95. The Morgan fingerprint density at radius 3 is 2.92 bits per heavy atom. The number of fused-ring (bicyclic) bond motifs is 1. The average Bonchev–Trinajstić information content (AvgIpc) is 3.08. The van der Waals surface area contributed by atoms with Gasteiger partial charge in [0.05, 0.1) is 17.0 Å². The molecule has 0 radical (unpaired) electrons. The number of nitrogens with zero attached hydrogens (tertiary/aromatic N) is 4. The number of carbonyl (C=O) groups excluding carboxylic acids is 1. The largest absolute Gasteiger partial charge is 0.425 e. The number of benzene rings is 1. The highest BCUT2D eigenvalue weighted by Crippen LogP contribution is 2.28. The third-order valence-electron chi connectivity index (χ3n) is 4.82. The van der Waals surface area contributed by atoms with Gasteiger partial charge in [-0.1, -0.05) is 12.1 Å². The van der Waals surface area contributed by atoms with E-state index in [1.54, 1.807) is 13.1 Å². The number of amides is 1.